The topological polar surface area (TPSA) is 41.3 Å². The molecule has 8 heteroatoms. The Hall–Kier alpha value is -1.44. The van der Waals surface area contributed by atoms with E-state index in [1.807, 2.05) is 23.6 Å². The number of hydrogen-bond acceptors (Lipinski definition) is 5. The molecule has 0 saturated carbocycles. The molecule has 0 spiro atoms. The van der Waals surface area contributed by atoms with Crippen molar-refractivity contribution >= 4 is 36.2 Å². The van der Waals surface area contributed by atoms with E-state index in [1.165, 1.54) is 6.07 Å². The summed E-state index contributed by atoms with van der Waals surface area (Å²) in [5.41, 5.74) is 1.89. The number of piperazine rings is 1. The van der Waals surface area contributed by atoms with Crippen molar-refractivity contribution in [3.63, 3.8) is 0 Å². The van der Waals surface area contributed by atoms with Gasteiger partial charge in [0.05, 0.1) is 10.6 Å². The summed E-state index contributed by atoms with van der Waals surface area (Å²) in [4.78, 5) is 7.95. The number of aromatic nitrogens is 1. The van der Waals surface area contributed by atoms with Crippen LogP contribution in [0.5, 0.6) is 0 Å². The maximum atomic E-state index is 13.6. The van der Waals surface area contributed by atoms with Gasteiger partial charge < -0.3 is 9.73 Å². The van der Waals surface area contributed by atoms with Crippen molar-refractivity contribution in [3.8, 4) is 10.8 Å². The highest BCUT2D eigenvalue weighted by molar-refractivity contribution is 7.13. The lowest BCUT2D eigenvalue weighted by Crippen LogP contribution is -2.45. The lowest BCUT2D eigenvalue weighted by molar-refractivity contribution is 0.151. The molecule has 0 radical (unpaired) electrons. The first kappa shape index (κ1) is 20.9. The first-order chi connectivity index (χ1) is 11.8. The molecule has 140 valence electrons. The molecule has 26 heavy (non-hydrogen) atoms. The Morgan fingerprint density at radius 1 is 1.27 bits per heavy atom. The summed E-state index contributed by atoms with van der Waals surface area (Å²) in [7, 11) is 0. The second kappa shape index (κ2) is 9.48. The Kier molecular flexibility index (Phi) is 7.61. The first-order valence-corrected chi connectivity index (χ1v) is 8.86. The van der Waals surface area contributed by atoms with Crippen molar-refractivity contribution in [1.82, 2.24) is 15.2 Å². The molecule has 1 aromatic carbocycles. The molecule has 4 nitrogen and oxygen atoms in total. The SMILES string of the molecule is Cl.Cl.Fc1cccc(C2CNCCN2Cc2coc(-c3cccs3)n2)c1. The summed E-state index contributed by atoms with van der Waals surface area (Å²) < 4.78 is 19.2. The molecule has 1 fully saturated rings. The van der Waals surface area contributed by atoms with Crippen LogP contribution >= 0.6 is 36.2 Å². The average Bonchev–Trinajstić information content (AvgIpc) is 3.26. The van der Waals surface area contributed by atoms with Gasteiger partial charge in [-0.05, 0) is 29.1 Å². The van der Waals surface area contributed by atoms with Crippen molar-refractivity contribution in [3.05, 3.63) is 65.1 Å². The zero-order chi connectivity index (χ0) is 16.4. The molecule has 4 rings (SSSR count). The summed E-state index contributed by atoms with van der Waals surface area (Å²) in [6, 6.07) is 11.0. The molecule has 2 aromatic heterocycles. The second-order valence-corrected chi connectivity index (χ2v) is 6.81. The van der Waals surface area contributed by atoms with Crippen LogP contribution in [0.15, 0.2) is 52.5 Å². The van der Waals surface area contributed by atoms with E-state index in [2.05, 4.69) is 15.2 Å². The van der Waals surface area contributed by atoms with E-state index in [0.717, 1.165) is 35.8 Å². The largest absolute Gasteiger partial charge is 0.444 e. The minimum atomic E-state index is -0.195. The van der Waals surface area contributed by atoms with Crippen molar-refractivity contribution < 1.29 is 8.81 Å². The van der Waals surface area contributed by atoms with Crippen LogP contribution in [-0.4, -0.2) is 29.5 Å². The Balaban J connectivity index is 0.00000121. The van der Waals surface area contributed by atoms with Gasteiger partial charge in [0.15, 0.2) is 0 Å². The minimum absolute atomic E-state index is 0. The zero-order valence-electron chi connectivity index (χ0n) is 13.9. The number of nitrogens with one attached hydrogen (secondary N) is 1. The lowest BCUT2D eigenvalue weighted by Gasteiger charge is -2.36. The van der Waals surface area contributed by atoms with Gasteiger partial charge in [-0.2, -0.15) is 0 Å². The standard InChI is InChI=1S/C18H18FN3OS.2ClH/c19-14-4-1-3-13(9-14)16-10-20-6-7-22(16)11-15-12-23-18(21-15)17-5-2-8-24-17;;/h1-5,8-9,12,16,20H,6-7,10-11H2;2*1H. The van der Waals surface area contributed by atoms with E-state index in [9.17, 15) is 4.39 Å². The van der Waals surface area contributed by atoms with Crippen LogP contribution in [0.1, 0.15) is 17.3 Å². The monoisotopic (exact) mass is 415 g/mol. The van der Waals surface area contributed by atoms with Crippen LogP contribution in [0.2, 0.25) is 0 Å². The van der Waals surface area contributed by atoms with Crippen LogP contribution in [0.4, 0.5) is 4.39 Å². The molecule has 3 aromatic rings. The molecule has 1 atom stereocenters. The summed E-state index contributed by atoms with van der Waals surface area (Å²) in [6.45, 7) is 3.31. The van der Waals surface area contributed by atoms with Crippen molar-refractivity contribution in [2.45, 2.75) is 12.6 Å². The number of hydrogen-bond donors (Lipinski definition) is 1. The Morgan fingerprint density at radius 2 is 2.15 bits per heavy atom. The van der Waals surface area contributed by atoms with Gasteiger partial charge in [-0.3, -0.25) is 4.90 Å². The zero-order valence-corrected chi connectivity index (χ0v) is 16.4. The maximum absolute atomic E-state index is 13.6. The molecule has 3 heterocycles. The third-order valence-electron chi connectivity index (χ3n) is 4.24. The third-order valence-corrected chi connectivity index (χ3v) is 5.09. The van der Waals surface area contributed by atoms with E-state index >= 15 is 0 Å². The van der Waals surface area contributed by atoms with Crippen LogP contribution in [0.25, 0.3) is 10.8 Å². The average molecular weight is 416 g/mol. The molecule has 1 saturated heterocycles. The van der Waals surface area contributed by atoms with Crippen LogP contribution < -0.4 is 5.32 Å². The fourth-order valence-electron chi connectivity index (χ4n) is 3.08. The highest BCUT2D eigenvalue weighted by atomic mass is 35.5. The Bertz CT molecular complexity index is 812. The van der Waals surface area contributed by atoms with Gasteiger partial charge in [0.2, 0.25) is 5.89 Å². The van der Waals surface area contributed by atoms with Gasteiger partial charge in [0, 0.05) is 32.2 Å². The van der Waals surface area contributed by atoms with Gasteiger partial charge in [0.25, 0.3) is 0 Å². The molecule has 1 unspecified atom stereocenters. The fourth-order valence-corrected chi connectivity index (χ4v) is 3.73. The van der Waals surface area contributed by atoms with Gasteiger partial charge in [-0.1, -0.05) is 18.2 Å². The number of benzene rings is 1. The molecular formula is C18H20Cl2FN3OS. The number of halogens is 3. The maximum Gasteiger partial charge on any atom is 0.236 e. The van der Waals surface area contributed by atoms with E-state index in [0.29, 0.717) is 12.4 Å². The van der Waals surface area contributed by atoms with E-state index in [-0.39, 0.29) is 36.7 Å². The predicted molar refractivity (Wildman–Crippen MR) is 107 cm³/mol. The van der Waals surface area contributed by atoms with E-state index in [4.69, 9.17) is 4.42 Å². The van der Waals surface area contributed by atoms with Crippen molar-refractivity contribution in [2.75, 3.05) is 19.6 Å². The number of rotatable bonds is 4. The Morgan fingerprint density at radius 3 is 2.92 bits per heavy atom. The highest BCUT2D eigenvalue weighted by Crippen LogP contribution is 2.27. The fraction of sp³-hybridized carbons (Fsp3) is 0.278. The van der Waals surface area contributed by atoms with E-state index < -0.39 is 0 Å². The molecule has 0 bridgehead atoms. The first-order valence-electron chi connectivity index (χ1n) is 7.98. The predicted octanol–water partition coefficient (Wildman–Crippen LogP) is 4.53. The molecule has 0 aliphatic carbocycles. The minimum Gasteiger partial charge on any atom is -0.444 e. The lowest BCUT2D eigenvalue weighted by atomic mass is 10.0. The molecular weight excluding hydrogens is 396 g/mol. The van der Waals surface area contributed by atoms with Gasteiger partial charge in [0.1, 0.15) is 12.1 Å². The molecule has 1 N–H and O–H groups in total. The number of thiophene rings is 1. The smallest absolute Gasteiger partial charge is 0.236 e. The van der Waals surface area contributed by atoms with Crippen molar-refractivity contribution in [2.24, 2.45) is 0 Å². The molecule has 1 aliphatic rings. The van der Waals surface area contributed by atoms with Crippen LogP contribution in [-0.2, 0) is 6.54 Å². The summed E-state index contributed by atoms with van der Waals surface area (Å²) >= 11 is 1.61. The normalized spacial score (nSPS) is 17.3. The highest BCUT2D eigenvalue weighted by Gasteiger charge is 2.25. The van der Waals surface area contributed by atoms with Crippen LogP contribution in [0.3, 0.4) is 0 Å². The third kappa shape index (κ3) is 4.64. The number of nitrogens with zero attached hydrogens (tertiary/aromatic N) is 2. The Labute approximate surface area is 168 Å². The van der Waals surface area contributed by atoms with Gasteiger partial charge in [-0.15, -0.1) is 36.2 Å². The van der Waals surface area contributed by atoms with E-state index in [1.54, 1.807) is 29.7 Å². The summed E-state index contributed by atoms with van der Waals surface area (Å²) in [5.74, 6) is 0.469. The number of oxazole rings is 1. The molecule has 0 amide bonds. The summed E-state index contributed by atoms with van der Waals surface area (Å²) in [6.07, 6.45) is 1.72. The second-order valence-electron chi connectivity index (χ2n) is 5.87. The van der Waals surface area contributed by atoms with Crippen molar-refractivity contribution in [1.29, 1.82) is 0 Å². The van der Waals surface area contributed by atoms with Crippen LogP contribution in [0, 0.1) is 5.82 Å². The van der Waals surface area contributed by atoms with Gasteiger partial charge in [-0.25, -0.2) is 9.37 Å². The molecule has 1 aliphatic heterocycles. The quantitative estimate of drug-likeness (QED) is 0.679. The summed E-state index contributed by atoms with van der Waals surface area (Å²) in [5, 5.41) is 5.40. The van der Waals surface area contributed by atoms with Gasteiger partial charge >= 0.3 is 0 Å².